The van der Waals surface area contributed by atoms with Crippen molar-refractivity contribution in [2.75, 3.05) is 11.1 Å². The van der Waals surface area contributed by atoms with Gasteiger partial charge in [0, 0.05) is 6.07 Å². The number of nitrogens with one attached hydrogen (secondary N) is 1. The first-order valence-corrected chi connectivity index (χ1v) is 10.5. The summed E-state index contributed by atoms with van der Waals surface area (Å²) in [4.78, 5) is 12.5. The number of nitrogens with zero attached hydrogens (tertiary/aromatic N) is 5. The highest BCUT2D eigenvalue weighted by atomic mass is 32.2. The van der Waals surface area contributed by atoms with Crippen molar-refractivity contribution in [2.45, 2.75) is 50.7 Å². The standard InChI is InChI=1S/C20H24N6OS/c1-14-7-8-17(15(2)11-14)25-13-21-24-20(25)28-12-19(27)23-18-9-10-22-26(18)16-5-3-4-6-16/h7-11,13,16H,3-6,12H2,1-2H3,(H,23,27). The summed E-state index contributed by atoms with van der Waals surface area (Å²) in [6.07, 6.45) is 8.13. The molecule has 3 aromatic rings. The Morgan fingerprint density at radius 2 is 2.07 bits per heavy atom. The van der Waals surface area contributed by atoms with E-state index in [1.807, 2.05) is 15.3 Å². The zero-order chi connectivity index (χ0) is 19.5. The summed E-state index contributed by atoms with van der Waals surface area (Å²) < 4.78 is 3.88. The van der Waals surface area contributed by atoms with Gasteiger partial charge >= 0.3 is 0 Å². The third-order valence-corrected chi connectivity index (χ3v) is 6.01. The van der Waals surface area contributed by atoms with E-state index < -0.39 is 0 Å². The van der Waals surface area contributed by atoms with Gasteiger partial charge in [0.05, 0.1) is 23.7 Å². The number of aryl methyl sites for hydroxylation is 2. The zero-order valence-corrected chi connectivity index (χ0v) is 16.9. The molecule has 0 unspecified atom stereocenters. The highest BCUT2D eigenvalue weighted by molar-refractivity contribution is 7.99. The predicted molar refractivity (Wildman–Crippen MR) is 110 cm³/mol. The first-order chi connectivity index (χ1) is 13.6. The SMILES string of the molecule is Cc1ccc(-n2cnnc2SCC(=O)Nc2ccnn2C2CCCC2)c(C)c1. The van der Waals surface area contributed by atoms with Gasteiger partial charge in [0.1, 0.15) is 12.1 Å². The van der Waals surface area contributed by atoms with Crippen LogP contribution in [0.4, 0.5) is 5.82 Å². The van der Waals surface area contributed by atoms with Gasteiger partial charge in [0.25, 0.3) is 0 Å². The van der Waals surface area contributed by atoms with E-state index in [1.165, 1.54) is 30.2 Å². The highest BCUT2D eigenvalue weighted by Crippen LogP contribution is 2.31. The van der Waals surface area contributed by atoms with Crippen LogP contribution in [0.5, 0.6) is 0 Å². The van der Waals surface area contributed by atoms with Crippen molar-refractivity contribution in [2.24, 2.45) is 0 Å². The summed E-state index contributed by atoms with van der Waals surface area (Å²) >= 11 is 1.38. The Morgan fingerprint density at radius 3 is 2.86 bits per heavy atom. The number of hydrogen-bond donors (Lipinski definition) is 1. The van der Waals surface area contributed by atoms with Crippen LogP contribution >= 0.6 is 11.8 Å². The molecule has 0 aliphatic heterocycles. The summed E-state index contributed by atoms with van der Waals surface area (Å²) in [6, 6.07) is 8.50. The largest absolute Gasteiger partial charge is 0.310 e. The minimum Gasteiger partial charge on any atom is -0.310 e. The lowest BCUT2D eigenvalue weighted by atomic mass is 10.1. The van der Waals surface area contributed by atoms with Crippen LogP contribution in [0.3, 0.4) is 0 Å². The summed E-state index contributed by atoms with van der Waals surface area (Å²) in [5.74, 6) is 0.965. The van der Waals surface area contributed by atoms with Crippen molar-refractivity contribution < 1.29 is 4.79 Å². The molecule has 0 bridgehead atoms. The van der Waals surface area contributed by atoms with Gasteiger partial charge in [0.15, 0.2) is 5.16 Å². The molecule has 1 fully saturated rings. The number of amides is 1. The molecule has 0 atom stereocenters. The minimum absolute atomic E-state index is 0.0695. The molecule has 7 nitrogen and oxygen atoms in total. The molecule has 146 valence electrons. The highest BCUT2D eigenvalue weighted by Gasteiger charge is 2.20. The Morgan fingerprint density at radius 1 is 1.25 bits per heavy atom. The molecule has 1 aliphatic rings. The molecular weight excluding hydrogens is 372 g/mol. The molecule has 8 heteroatoms. The van der Waals surface area contributed by atoms with Crippen molar-refractivity contribution in [1.29, 1.82) is 0 Å². The van der Waals surface area contributed by atoms with E-state index in [0.717, 1.165) is 29.9 Å². The molecule has 2 heterocycles. The van der Waals surface area contributed by atoms with Crippen LogP contribution in [0.2, 0.25) is 0 Å². The van der Waals surface area contributed by atoms with Gasteiger partial charge in [-0.3, -0.25) is 9.36 Å². The average Bonchev–Trinajstić information content (AvgIpc) is 3.41. The maximum Gasteiger partial charge on any atom is 0.235 e. The molecular formula is C20H24N6OS. The second kappa shape index (κ2) is 8.18. The average molecular weight is 397 g/mol. The first kappa shape index (κ1) is 18.7. The molecule has 28 heavy (non-hydrogen) atoms. The van der Waals surface area contributed by atoms with E-state index in [-0.39, 0.29) is 11.7 Å². The fourth-order valence-electron chi connectivity index (χ4n) is 3.73. The van der Waals surface area contributed by atoms with Gasteiger partial charge in [-0.2, -0.15) is 5.10 Å². The lowest BCUT2D eigenvalue weighted by molar-refractivity contribution is -0.113. The number of thioether (sulfide) groups is 1. The fraction of sp³-hybridized carbons (Fsp3) is 0.400. The number of anilines is 1. The summed E-state index contributed by atoms with van der Waals surface area (Å²) in [5, 5.41) is 16.3. The molecule has 1 aromatic carbocycles. The monoisotopic (exact) mass is 396 g/mol. The number of rotatable bonds is 6. The topological polar surface area (TPSA) is 77.6 Å². The molecule has 1 saturated carbocycles. The van der Waals surface area contributed by atoms with Gasteiger partial charge in [-0.15, -0.1) is 10.2 Å². The second-order valence-corrected chi connectivity index (χ2v) is 8.15. The number of carbonyl (C=O) groups excluding carboxylic acids is 1. The van der Waals surface area contributed by atoms with Gasteiger partial charge in [-0.05, 0) is 38.3 Å². The summed E-state index contributed by atoms with van der Waals surface area (Å²) in [6.45, 7) is 4.13. The molecule has 0 saturated heterocycles. The quantitative estimate of drug-likeness (QED) is 0.639. The van der Waals surface area contributed by atoms with Crippen LogP contribution in [0.25, 0.3) is 5.69 Å². The first-order valence-electron chi connectivity index (χ1n) is 9.55. The molecule has 0 radical (unpaired) electrons. The third-order valence-electron chi connectivity index (χ3n) is 5.07. The number of hydrogen-bond acceptors (Lipinski definition) is 5. The Kier molecular flexibility index (Phi) is 5.47. The Hall–Kier alpha value is -2.61. The van der Waals surface area contributed by atoms with Crippen LogP contribution in [0.15, 0.2) is 41.9 Å². The fourth-order valence-corrected chi connectivity index (χ4v) is 4.45. The maximum atomic E-state index is 12.5. The molecule has 1 aliphatic carbocycles. The molecule has 4 rings (SSSR count). The predicted octanol–water partition coefficient (Wildman–Crippen LogP) is 3.93. The summed E-state index contributed by atoms with van der Waals surface area (Å²) in [7, 11) is 0. The van der Waals surface area contributed by atoms with E-state index >= 15 is 0 Å². The van der Waals surface area contributed by atoms with Crippen LogP contribution in [-0.2, 0) is 4.79 Å². The Labute approximate surface area is 168 Å². The van der Waals surface area contributed by atoms with Crippen molar-refractivity contribution in [3.05, 3.63) is 47.9 Å². The van der Waals surface area contributed by atoms with Crippen molar-refractivity contribution >= 4 is 23.5 Å². The van der Waals surface area contributed by atoms with Crippen molar-refractivity contribution in [1.82, 2.24) is 24.5 Å². The molecule has 1 amide bonds. The van der Waals surface area contributed by atoms with E-state index in [1.54, 1.807) is 12.5 Å². The van der Waals surface area contributed by atoms with E-state index in [4.69, 9.17) is 0 Å². The van der Waals surface area contributed by atoms with Crippen LogP contribution in [0.1, 0.15) is 42.9 Å². The van der Waals surface area contributed by atoms with Gasteiger partial charge in [0.2, 0.25) is 5.91 Å². The molecule has 0 spiro atoms. The van der Waals surface area contributed by atoms with Gasteiger partial charge in [-0.25, -0.2) is 4.68 Å². The van der Waals surface area contributed by atoms with E-state index in [2.05, 4.69) is 52.7 Å². The van der Waals surface area contributed by atoms with Crippen LogP contribution in [-0.4, -0.2) is 36.2 Å². The number of carbonyl (C=O) groups is 1. The number of aromatic nitrogens is 5. The van der Waals surface area contributed by atoms with Crippen molar-refractivity contribution in [3.8, 4) is 5.69 Å². The van der Waals surface area contributed by atoms with Gasteiger partial charge in [-0.1, -0.05) is 42.3 Å². The van der Waals surface area contributed by atoms with Crippen molar-refractivity contribution in [3.63, 3.8) is 0 Å². The smallest absolute Gasteiger partial charge is 0.235 e. The van der Waals surface area contributed by atoms with Gasteiger partial charge < -0.3 is 5.32 Å². The molecule has 1 N–H and O–H groups in total. The zero-order valence-electron chi connectivity index (χ0n) is 16.1. The third kappa shape index (κ3) is 3.96. The minimum atomic E-state index is -0.0695. The molecule has 2 aromatic heterocycles. The lowest BCUT2D eigenvalue weighted by Gasteiger charge is -2.14. The number of benzene rings is 1. The van der Waals surface area contributed by atoms with E-state index in [9.17, 15) is 4.79 Å². The maximum absolute atomic E-state index is 12.5. The Bertz CT molecular complexity index is 973. The summed E-state index contributed by atoms with van der Waals surface area (Å²) in [5.41, 5.74) is 3.38. The lowest BCUT2D eigenvalue weighted by Crippen LogP contribution is -2.19. The van der Waals surface area contributed by atoms with Crippen LogP contribution < -0.4 is 5.32 Å². The second-order valence-electron chi connectivity index (χ2n) is 7.21. The van der Waals surface area contributed by atoms with Crippen LogP contribution in [0, 0.1) is 13.8 Å². The Balaban J connectivity index is 1.41. The normalized spacial score (nSPS) is 14.5. The van der Waals surface area contributed by atoms with E-state index in [0.29, 0.717) is 11.2 Å².